The van der Waals surface area contributed by atoms with Crippen molar-refractivity contribution in [1.29, 1.82) is 0 Å². The van der Waals surface area contributed by atoms with Gasteiger partial charge in [-0.3, -0.25) is 9.80 Å². The number of anilines is 2. The van der Waals surface area contributed by atoms with Crippen molar-refractivity contribution in [2.45, 2.75) is 12.6 Å². The monoisotopic (exact) mass is 422 g/mol. The standard InChI is InChI=1S/C25H28F2N4/c1-29-24-11-2-18(16-23(24)28)17-30-12-14-31(15-13-30)25(19-3-7-21(26)8-4-19)20-5-9-22(27)10-6-20/h2-11,16,25,29H,12-15,17,28H2,1H3. The second-order valence-corrected chi connectivity index (χ2v) is 7.99. The molecule has 1 fully saturated rings. The third kappa shape index (κ3) is 5.03. The van der Waals surface area contributed by atoms with Gasteiger partial charge in [-0.1, -0.05) is 30.3 Å². The van der Waals surface area contributed by atoms with Gasteiger partial charge >= 0.3 is 0 Å². The van der Waals surface area contributed by atoms with E-state index in [4.69, 9.17) is 5.73 Å². The lowest BCUT2D eigenvalue weighted by atomic mass is 9.96. The number of piperazine rings is 1. The Kier molecular flexibility index (Phi) is 6.49. The van der Waals surface area contributed by atoms with E-state index in [1.807, 2.05) is 43.4 Å². The number of nitrogen functional groups attached to an aromatic ring is 1. The number of halogens is 2. The normalized spacial score (nSPS) is 15.4. The van der Waals surface area contributed by atoms with E-state index in [0.717, 1.165) is 55.2 Å². The van der Waals surface area contributed by atoms with E-state index in [0.29, 0.717) is 0 Å². The van der Waals surface area contributed by atoms with E-state index in [-0.39, 0.29) is 17.7 Å². The molecule has 3 aromatic carbocycles. The van der Waals surface area contributed by atoms with Gasteiger partial charge in [-0.2, -0.15) is 0 Å². The molecule has 1 heterocycles. The molecule has 31 heavy (non-hydrogen) atoms. The summed E-state index contributed by atoms with van der Waals surface area (Å²) in [6.45, 7) is 4.39. The zero-order chi connectivity index (χ0) is 21.8. The first-order valence-electron chi connectivity index (χ1n) is 10.6. The second kappa shape index (κ2) is 9.45. The SMILES string of the molecule is CNc1ccc(CN2CCN(C(c3ccc(F)cc3)c3ccc(F)cc3)CC2)cc1N. The van der Waals surface area contributed by atoms with Crippen LogP contribution in [0.3, 0.4) is 0 Å². The van der Waals surface area contributed by atoms with Crippen molar-refractivity contribution in [3.05, 3.63) is 95.1 Å². The van der Waals surface area contributed by atoms with E-state index < -0.39 is 0 Å². The van der Waals surface area contributed by atoms with Gasteiger partial charge in [-0.05, 0) is 53.1 Å². The highest BCUT2D eigenvalue weighted by atomic mass is 19.1. The van der Waals surface area contributed by atoms with E-state index in [9.17, 15) is 8.78 Å². The summed E-state index contributed by atoms with van der Waals surface area (Å²) >= 11 is 0. The van der Waals surface area contributed by atoms with Crippen molar-refractivity contribution >= 4 is 11.4 Å². The summed E-state index contributed by atoms with van der Waals surface area (Å²) in [6, 6.07) is 19.3. The Morgan fingerprint density at radius 1 is 0.839 bits per heavy atom. The highest BCUT2D eigenvalue weighted by Gasteiger charge is 2.26. The van der Waals surface area contributed by atoms with Crippen LogP contribution in [0.25, 0.3) is 0 Å². The van der Waals surface area contributed by atoms with E-state index in [1.165, 1.54) is 29.8 Å². The van der Waals surface area contributed by atoms with Crippen LogP contribution < -0.4 is 11.1 Å². The molecule has 1 aliphatic rings. The maximum atomic E-state index is 13.5. The summed E-state index contributed by atoms with van der Waals surface area (Å²) in [6.07, 6.45) is 0. The molecule has 0 radical (unpaired) electrons. The van der Waals surface area contributed by atoms with Crippen molar-refractivity contribution < 1.29 is 8.78 Å². The molecule has 0 amide bonds. The highest BCUT2D eigenvalue weighted by Crippen LogP contribution is 2.30. The minimum atomic E-state index is -0.255. The smallest absolute Gasteiger partial charge is 0.123 e. The summed E-state index contributed by atoms with van der Waals surface area (Å²) < 4.78 is 27.0. The maximum Gasteiger partial charge on any atom is 0.123 e. The average molecular weight is 423 g/mol. The van der Waals surface area contributed by atoms with Crippen LogP contribution in [-0.4, -0.2) is 43.0 Å². The molecular formula is C25H28F2N4. The minimum absolute atomic E-state index is 0.0334. The predicted molar refractivity (Wildman–Crippen MR) is 122 cm³/mol. The summed E-state index contributed by atoms with van der Waals surface area (Å²) in [5.41, 5.74) is 11.0. The molecule has 0 saturated carbocycles. The van der Waals surface area contributed by atoms with Gasteiger partial charge in [0.1, 0.15) is 11.6 Å². The van der Waals surface area contributed by atoms with Crippen LogP contribution in [0.15, 0.2) is 66.7 Å². The van der Waals surface area contributed by atoms with E-state index in [1.54, 1.807) is 0 Å². The Hall–Kier alpha value is -2.96. The van der Waals surface area contributed by atoms with Gasteiger partial charge in [-0.25, -0.2) is 8.78 Å². The molecule has 4 rings (SSSR count). The molecule has 1 saturated heterocycles. The van der Waals surface area contributed by atoms with Gasteiger partial charge in [-0.15, -0.1) is 0 Å². The van der Waals surface area contributed by atoms with E-state index in [2.05, 4.69) is 21.2 Å². The summed E-state index contributed by atoms with van der Waals surface area (Å²) in [5, 5.41) is 3.09. The third-order valence-corrected chi connectivity index (χ3v) is 5.94. The first kappa shape index (κ1) is 21.3. The zero-order valence-electron chi connectivity index (χ0n) is 17.7. The van der Waals surface area contributed by atoms with Crippen LogP contribution in [0.2, 0.25) is 0 Å². The summed E-state index contributed by atoms with van der Waals surface area (Å²) in [4.78, 5) is 4.80. The molecule has 1 aliphatic heterocycles. The number of nitrogens with zero attached hydrogens (tertiary/aromatic N) is 2. The van der Waals surface area contributed by atoms with Crippen molar-refractivity contribution in [1.82, 2.24) is 9.80 Å². The molecular weight excluding hydrogens is 394 g/mol. The molecule has 0 bridgehead atoms. The predicted octanol–water partition coefficient (Wildman–Crippen LogP) is 4.50. The Labute approximate surface area is 182 Å². The number of benzene rings is 3. The van der Waals surface area contributed by atoms with Crippen molar-refractivity contribution in [2.24, 2.45) is 0 Å². The number of rotatable bonds is 6. The fourth-order valence-electron chi connectivity index (χ4n) is 4.28. The first-order chi connectivity index (χ1) is 15.0. The third-order valence-electron chi connectivity index (χ3n) is 5.94. The number of nitrogens with one attached hydrogen (secondary N) is 1. The van der Waals surface area contributed by atoms with E-state index >= 15 is 0 Å². The number of nitrogens with two attached hydrogens (primary N) is 1. The quantitative estimate of drug-likeness (QED) is 0.575. The van der Waals surface area contributed by atoms with Gasteiger partial charge in [0.2, 0.25) is 0 Å². The summed E-state index contributed by atoms with van der Waals surface area (Å²) in [5.74, 6) is -0.509. The summed E-state index contributed by atoms with van der Waals surface area (Å²) in [7, 11) is 1.86. The minimum Gasteiger partial charge on any atom is -0.397 e. The molecule has 6 heteroatoms. The van der Waals surface area contributed by atoms with Gasteiger partial charge in [0.15, 0.2) is 0 Å². The molecule has 0 unspecified atom stereocenters. The van der Waals surface area contributed by atoms with Crippen molar-refractivity contribution in [3.8, 4) is 0 Å². The lowest BCUT2D eigenvalue weighted by Gasteiger charge is -2.40. The second-order valence-electron chi connectivity index (χ2n) is 7.99. The molecule has 0 spiro atoms. The Morgan fingerprint density at radius 3 is 1.87 bits per heavy atom. The fraction of sp³-hybridized carbons (Fsp3) is 0.280. The first-order valence-corrected chi connectivity index (χ1v) is 10.6. The maximum absolute atomic E-state index is 13.5. The van der Waals surface area contributed by atoms with Crippen molar-refractivity contribution in [2.75, 3.05) is 44.3 Å². The van der Waals surface area contributed by atoms with Gasteiger partial charge in [0, 0.05) is 39.8 Å². The molecule has 3 aromatic rings. The lowest BCUT2D eigenvalue weighted by Crippen LogP contribution is -2.47. The topological polar surface area (TPSA) is 44.5 Å². The lowest BCUT2D eigenvalue weighted by molar-refractivity contribution is 0.105. The Balaban J connectivity index is 1.48. The van der Waals surface area contributed by atoms with Gasteiger partial charge < -0.3 is 11.1 Å². The van der Waals surface area contributed by atoms with Crippen molar-refractivity contribution in [3.63, 3.8) is 0 Å². The molecule has 4 nitrogen and oxygen atoms in total. The molecule has 0 aliphatic carbocycles. The van der Waals surface area contributed by atoms with Crippen LogP contribution in [0, 0.1) is 11.6 Å². The number of hydrogen-bond acceptors (Lipinski definition) is 4. The zero-order valence-corrected chi connectivity index (χ0v) is 17.7. The molecule has 0 atom stereocenters. The van der Waals surface area contributed by atoms with Gasteiger partial charge in [0.25, 0.3) is 0 Å². The Morgan fingerprint density at radius 2 is 1.39 bits per heavy atom. The van der Waals surface area contributed by atoms with Crippen LogP contribution in [0.5, 0.6) is 0 Å². The highest BCUT2D eigenvalue weighted by molar-refractivity contribution is 5.66. The van der Waals surface area contributed by atoms with Gasteiger partial charge in [0.05, 0.1) is 17.4 Å². The van der Waals surface area contributed by atoms with Crippen LogP contribution in [-0.2, 0) is 6.54 Å². The average Bonchev–Trinajstić information content (AvgIpc) is 2.78. The Bertz CT molecular complexity index is 952. The molecule has 3 N–H and O–H groups in total. The molecule has 162 valence electrons. The largest absolute Gasteiger partial charge is 0.397 e. The van der Waals surface area contributed by atoms with Crippen LogP contribution in [0.4, 0.5) is 20.2 Å². The van der Waals surface area contributed by atoms with Crippen LogP contribution in [0.1, 0.15) is 22.7 Å². The molecule has 0 aromatic heterocycles. The number of hydrogen-bond donors (Lipinski definition) is 2. The fourth-order valence-corrected chi connectivity index (χ4v) is 4.28. The van der Waals surface area contributed by atoms with Crippen LogP contribution >= 0.6 is 0 Å².